The topological polar surface area (TPSA) is 72.2 Å². The molecule has 0 rings (SSSR count). The smallest absolute Gasteiger partial charge is 0.312 e. The number of nitrogens with two attached hydrogens (primary N) is 1. The van der Waals surface area contributed by atoms with Gasteiger partial charge in [0.15, 0.2) is 0 Å². The van der Waals surface area contributed by atoms with Gasteiger partial charge in [0, 0.05) is 16.4 Å². The predicted molar refractivity (Wildman–Crippen MR) is 74.3 cm³/mol. The second-order valence-electron chi connectivity index (χ2n) is 7.34. The molecule has 4 nitrogen and oxygen atoms in total. The number of Topliss-reactive ketones (excluding diaryl/α,β-unsaturated/α-hetero) is 1. The fraction of sp³-hybridized carbons (Fsp3) is 0.857. The van der Waals surface area contributed by atoms with Crippen LogP contribution in [-0.4, -0.2) is 17.4 Å². The minimum Gasteiger partial charge on any atom is -0.352 e. The Bertz CT molecular complexity index is 325. The molecule has 0 aromatic carbocycles. The zero-order valence-electron chi connectivity index (χ0n) is 12.8. The van der Waals surface area contributed by atoms with Crippen molar-refractivity contribution in [1.82, 2.24) is 5.32 Å². The van der Waals surface area contributed by atoms with E-state index in [-0.39, 0.29) is 16.7 Å². The third-order valence-corrected chi connectivity index (χ3v) is 3.13. The van der Waals surface area contributed by atoms with Crippen LogP contribution >= 0.6 is 0 Å². The summed E-state index contributed by atoms with van der Waals surface area (Å²) >= 11 is 0. The van der Waals surface area contributed by atoms with Gasteiger partial charge in [-0.15, -0.1) is 0 Å². The molecule has 2 amide bonds. The molecule has 0 saturated heterocycles. The van der Waals surface area contributed by atoms with Gasteiger partial charge in [-0.25, -0.2) is 4.79 Å². The van der Waals surface area contributed by atoms with E-state index in [1.165, 1.54) is 0 Å². The lowest BCUT2D eigenvalue weighted by atomic mass is 9.71. The molecule has 0 atom stereocenters. The number of amides is 2. The molecule has 3 N–H and O–H groups in total. The fourth-order valence-electron chi connectivity index (χ4n) is 2.15. The van der Waals surface area contributed by atoms with Gasteiger partial charge in [-0.05, 0) is 26.7 Å². The molecule has 0 aliphatic carbocycles. The maximum Gasteiger partial charge on any atom is 0.312 e. The number of hydrogen-bond acceptors (Lipinski definition) is 2. The van der Waals surface area contributed by atoms with E-state index in [4.69, 9.17) is 5.73 Å². The quantitative estimate of drug-likeness (QED) is 0.794. The van der Waals surface area contributed by atoms with Gasteiger partial charge in [0.05, 0.1) is 0 Å². The van der Waals surface area contributed by atoms with Crippen LogP contribution in [-0.2, 0) is 4.79 Å². The van der Waals surface area contributed by atoms with Crippen LogP contribution < -0.4 is 11.1 Å². The van der Waals surface area contributed by atoms with Crippen LogP contribution in [0.3, 0.4) is 0 Å². The van der Waals surface area contributed by atoms with Crippen molar-refractivity contribution < 1.29 is 9.59 Å². The summed E-state index contributed by atoms with van der Waals surface area (Å²) in [6.45, 7) is 13.5. The number of nitrogens with one attached hydrogen (secondary N) is 1. The molecule has 4 heteroatoms. The molecule has 0 aromatic heterocycles. The molecule has 0 radical (unpaired) electrons. The average Bonchev–Trinajstić information content (AvgIpc) is 2.10. The average molecular weight is 256 g/mol. The summed E-state index contributed by atoms with van der Waals surface area (Å²) < 4.78 is 0. The van der Waals surface area contributed by atoms with Gasteiger partial charge in [0.25, 0.3) is 0 Å². The molecule has 0 fully saturated rings. The van der Waals surface area contributed by atoms with Crippen LogP contribution in [0.2, 0.25) is 0 Å². The number of primary amides is 1. The molecule has 0 aromatic rings. The fourth-order valence-corrected chi connectivity index (χ4v) is 2.15. The van der Waals surface area contributed by atoms with E-state index in [9.17, 15) is 9.59 Å². The van der Waals surface area contributed by atoms with E-state index >= 15 is 0 Å². The van der Waals surface area contributed by atoms with Crippen LogP contribution in [0.25, 0.3) is 0 Å². The Hall–Kier alpha value is -1.06. The summed E-state index contributed by atoms with van der Waals surface area (Å²) in [5, 5.41) is 2.70. The highest BCUT2D eigenvalue weighted by molar-refractivity contribution is 5.88. The van der Waals surface area contributed by atoms with Gasteiger partial charge in [0.1, 0.15) is 5.78 Å². The summed E-state index contributed by atoms with van der Waals surface area (Å²) in [6, 6.07) is -0.528. The minimum absolute atomic E-state index is 0.241. The summed E-state index contributed by atoms with van der Waals surface area (Å²) in [6.07, 6.45) is 1.43. The van der Waals surface area contributed by atoms with Crippen molar-refractivity contribution in [3.63, 3.8) is 0 Å². The normalized spacial score (nSPS) is 13.3. The minimum atomic E-state index is -0.528. The maximum absolute atomic E-state index is 12.3. The van der Waals surface area contributed by atoms with Crippen molar-refractivity contribution in [3.05, 3.63) is 0 Å². The Balaban J connectivity index is 4.62. The first-order valence-corrected chi connectivity index (χ1v) is 6.40. The number of carbonyl (C=O) groups is 2. The third kappa shape index (κ3) is 5.52. The lowest BCUT2D eigenvalue weighted by molar-refractivity contribution is -0.135. The number of urea groups is 1. The third-order valence-electron chi connectivity index (χ3n) is 3.13. The van der Waals surface area contributed by atoms with Crippen molar-refractivity contribution in [3.8, 4) is 0 Å². The molecule has 0 aliphatic heterocycles. The van der Waals surface area contributed by atoms with Gasteiger partial charge in [-0.3, -0.25) is 4.79 Å². The molecule has 0 spiro atoms. The second kappa shape index (κ2) is 5.29. The van der Waals surface area contributed by atoms with Crippen LogP contribution in [0.1, 0.15) is 61.3 Å². The number of ketones is 1. The monoisotopic (exact) mass is 256 g/mol. The van der Waals surface area contributed by atoms with E-state index in [1.807, 2.05) is 48.5 Å². The lowest BCUT2D eigenvalue weighted by Gasteiger charge is -2.34. The zero-order chi connectivity index (χ0) is 14.8. The van der Waals surface area contributed by atoms with Crippen molar-refractivity contribution in [2.24, 2.45) is 16.6 Å². The summed E-state index contributed by atoms with van der Waals surface area (Å²) in [5.41, 5.74) is 4.01. The van der Waals surface area contributed by atoms with Crippen LogP contribution in [0.4, 0.5) is 4.79 Å². The predicted octanol–water partition coefficient (Wildman–Crippen LogP) is 2.85. The molecule has 0 unspecified atom stereocenters. The first kappa shape index (κ1) is 16.9. The van der Waals surface area contributed by atoms with Gasteiger partial charge in [0.2, 0.25) is 0 Å². The number of carbonyl (C=O) groups excluding carboxylic acids is 2. The molecule has 0 heterocycles. The van der Waals surface area contributed by atoms with Gasteiger partial charge >= 0.3 is 6.03 Å². The number of rotatable bonds is 5. The molecule has 106 valence electrons. The molecule has 0 aliphatic rings. The van der Waals surface area contributed by atoms with E-state index in [0.29, 0.717) is 6.42 Å². The van der Waals surface area contributed by atoms with Crippen molar-refractivity contribution in [1.29, 1.82) is 0 Å². The van der Waals surface area contributed by atoms with E-state index in [0.717, 1.165) is 6.42 Å². The van der Waals surface area contributed by atoms with Crippen molar-refractivity contribution in [2.75, 3.05) is 0 Å². The second-order valence-corrected chi connectivity index (χ2v) is 7.34. The Labute approximate surface area is 111 Å². The Kier molecular flexibility index (Phi) is 4.98. The summed E-state index contributed by atoms with van der Waals surface area (Å²) in [4.78, 5) is 23.2. The number of hydrogen-bond donors (Lipinski definition) is 2. The first-order valence-electron chi connectivity index (χ1n) is 6.40. The largest absolute Gasteiger partial charge is 0.352 e. The molecular weight excluding hydrogens is 228 g/mol. The van der Waals surface area contributed by atoms with Crippen LogP contribution in [0.15, 0.2) is 0 Å². The highest BCUT2D eigenvalue weighted by atomic mass is 16.2. The van der Waals surface area contributed by atoms with Gasteiger partial charge < -0.3 is 11.1 Å². The molecule has 0 bridgehead atoms. The summed E-state index contributed by atoms with van der Waals surface area (Å²) in [7, 11) is 0. The van der Waals surface area contributed by atoms with E-state index < -0.39 is 11.4 Å². The Morgan fingerprint density at radius 2 is 1.39 bits per heavy atom. The lowest BCUT2D eigenvalue weighted by Crippen LogP contribution is -2.47. The highest BCUT2D eigenvalue weighted by Crippen LogP contribution is 2.34. The SMILES string of the molecule is CC(C)(CCC(C)(C)C(=O)C(C)(C)C)NC(N)=O. The Morgan fingerprint density at radius 3 is 1.72 bits per heavy atom. The highest BCUT2D eigenvalue weighted by Gasteiger charge is 2.37. The molecular formula is C14H28N2O2. The van der Waals surface area contributed by atoms with Crippen molar-refractivity contribution in [2.45, 2.75) is 66.8 Å². The first-order chi connectivity index (χ1) is 7.78. The Morgan fingerprint density at radius 1 is 0.944 bits per heavy atom. The van der Waals surface area contributed by atoms with Crippen molar-refractivity contribution >= 4 is 11.8 Å². The molecule has 18 heavy (non-hydrogen) atoms. The van der Waals surface area contributed by atoms with Crippen LogP contribution in [0.5, 0.6) is 0 Å². The van der Waals surface area contributed by atoms with E-state index in [1.54, 1.807) is 0 Å². The molecule has 0 saturated carbocycles. The van der Waals surface area contributed by atoms with Gasteiger partial charge in [-0.2, -0.15) is 0 Å². The van der Waals surface area contributed by atoms with E-state index in [2.05, 4.69) is 5.32 Å². The van der Waals surface area contributed by atoms with Gasteiger partial charge in [-0.1, -0.05) is 34.6 Å². The summed E-state index contributed by atoms with van der Waals surface area (Å²) in [5.74, 6) is 0.241. The standard InChI is InChI=1S/C14H28N2O2/c1-12(2,3)10(17)13(4,5)8-9-14(6,7)16-11(15)18/h8-9H2,1-7H3,(H3,15,16,18). The van der Waals surface area contributed by atoms with Crippen LogP contribution in [0, 0.1) is 10.8 Å². The maximum atomic E-state index is 12.3. The zero-order valence-corrected chi connectivity index (χ0v) is 12.8.